The highest BCUT2D eigenvalue weighted by Gasteiger charge is 2.36. The standard InChI is InChI=1S/C25H37NO/c1-5-6-17-25(4,27)24(18-21(2)3)26(19-22-13-9-7-10-14-22)20-23-15-11-8-12-16-23/h7-16,21,24,27H,5-6,17-20H2,1-4H3/t24-,25-/m0/s1. The van der Waals surface area contributed by atoms with Crippen LogP contribution in [-0.4, -0.2) is 21.6 Å². The highest BCUT2D eigenvalue weighted by atomic mass is 16.3. The van der Waals surface area contributed by atoms with E-state index in [1.54, 1.807) is 0 Å². The van der Waals surface area contributed by atoms with Gasteiger partial charge in [-0.1, -0.05) is 94.3 Å². The van der Waals surface area contributed by atoms with Gasteiger partial charge < -0.3 is 5.11 Å². The van der Waals surface area contributed by atoms with Gasteiger partial charge in [-0.25, -0.2) is 0 Å². The maximum atomic E-state index is 11.4. The largest absolute Gasteiger partial charge is 0.389 e. The molecule has 0 amide bonds. The molecule has 0 bridgehead atoms. The summed E-state index contributed by atoms with van der Waals surface area (Å²) in [4.78, 5) is 2.49. The first-order chi connectivity index (χ1) is 12.9. The Morgan fingerprint density at radius 3 is 1.78 bits per heavy atom. The van der Waals surface area contributed by atoms with E-state index < -0.39 is 5.60 Å². The molecule has 2 nitrogen and oxygen atoms in total. The minimum Gasteiger partial charge on any atom is -0.389 e. The molecular formula is C25H37NO. The van der Waals surface area contributed by atoms with Crippen molar-refractivity contribution in [2.45, 2.75) is 78.1 Å². The topological polar surface area (TPSA) is 23.5 Å². The Morgan fingerprint density at radius 1 is 0.889 bits per heavy atom. The number of hydrogen-bond acceptors (Lipinski definition) is 2. The summed E-state index contributed by atoms with van der Waals surface area (Å²) in [5.41, 5.74) is 1.91. The van der Waals surface area contributed by atoms with Gasteiger partial charge in [0.2, 0.25) is 0 Å². The van der Waals surface area contributed by atoms with Crippen molar-refractivity contribution in [3.63, 3.8) is 0 Å². The summed E-state index contributed by atoms with van der Waals surface area (Å²) in [6.45, 7) is 10.5. The second kappa shape index (κ2) is 10.6. The van der Waals surface area contributed by atoms with Crippen LogP contribution in [0.15, 0.2) is 60.7 Å². The van der Waals surface area contributed by atoms with Gasteiger partial charge in [0.25, 0.3) is 0 Å². The molecule has 2 atom stereocenters. The summed E-state index contributed by atoms with van der Waals surface area (Å²) in [5.74, 6) is 0.539. The molecule has 2 aromatic rings. The van der Waals surface area contributed by atoms with Crippen molar-refractivity contribution >= 4 is 0 Å². The lowest BCUT2D eigenvalue weighted by Gasteiger charge is -2.42. The fraction of sp³-hybridized carbons (Fsp3) is 0.520. The zero-order valence-electron chi connectivity index (χ0n) is 17.6. The molecule has 0 heterocycles. The predicted molar refractivity (Wildman–Crippen MR) is 116 cm³/mol. The summed E-state index contributed by atoms with van der Waals surface area (Å²) in [7, 11) is 0. The number of rotatable bonds is 11. The maximum absolute atomic E-state index is 11.4. The number of aliphatic hydroxyl groups is 1. The van der Waals surface area contributed by atoms with Crippen LogP contribution in [0.1, 0.15) is 64.5 Å². The lowest BCUT2D eigenvalue weighted by molar-refractivity contribution is -0.0555. The van der Waals surface area contributed by atoms with Crippen LogP contribution in [0.4, 0.5) is 0 Å². The van der Waals surface area contributed by atoms with Crippen LogP contribution in [0.25, 0.3) is 0 Å². The van der Waals surface area contributed by atoms with Gasteiger partial charge in [-0.15, -0.1) is 0 Å². The Balaban J connectivity index is 2.32. The first-order valence-corrected chi connectivity index (χ1v) is 10.5. The van der Waals surface area contributed by atoms with Crippen molar-refractivity contribution in [3.05, 3.63) is 71.8 Å². The van der Waals surface area contributed by atoms with Crippen molar-refractivity contribution in [3.8, 4) is 0 Å². The number of hydrogen-bond donors (Lipinski definition) is 1. The second-order valence-electron chi connectivity index (χ2n) is 8.48. The lowest BCUT2D eigenvalue weighted by Crippen LogP contribution is -2.51. The number of unbranched alkanes of at least 4 members (excludes halogenated alkanes) is 1. The zero-order valence-corrected chi connectivity index (χ0v) is 17.6. The molecule has 2 heteroatoms. The molecule has 0 fully saturated rings. The molecule has 0 aliphatic carbocycles. The van der Waals surface area contributed by atoms with Gasteiger partial charge in [0, 0.05) is 19.1 Å². The third-order valence-electron chi connectivity index (χ3n) is 5.35. The minimum absolute atomic E-state index is 0.129. The molecule has 0 aliphatic heterocycles. The molecule has 27 heavy (non-hydrogen) atoms. The fourth-order valence-electron chi connectivity index (χ4n) is 3.86. The molecule has 0 aromatic heterocycles. The molecule has 0 saturated carbocycles. The zero-order chi connectivity index (χ0) is 19.7. The molecule has 148 valence electrons. The molecule has 0 unspecified atom stereocenters. The summed E-state index contributed by atoms with van der Waals surface area (Å²) in [5, 5.41) is 11.4. The molecule has 0 radical (unpaired) electrons. The van der Waals surface area contributed by atoms with Gasteiger partial charge in [-0.2, -0.15) is 0 Å². The summed E-state index contributed by atoms with van der Waals surface area (Å²) < 4.78 is 0. The van der Waals surface area contributed by atoms with E-state index in [9.17, 15) is 5.11 Å². The van der Waals surface area contributed by atoms with Crippen LogP contribution in [0, 0.1) is 5.92 Å². The van der Waals surface area contributed by atoms with Gasteiger partial charge in [0.1, 0.15) is 0 Å². The highest BCUT2D eigenvalue weighted by Crippen LogP contribution is 2.30. The number of nitrogens with zero attached hydrogens (tertiary/aromatic N) is 1. The van der Waals surface area contributed by atoms with E-state index in [0.717, 1.165) is 38.8 Å². The average molecular weight is 368 g/mol. The summed E-state index contributed by atoms with van der Waals surface area (Å²) in [6, 6.07) is 21.4. The van der Waals surface area contributed by atoms with E-state index in [1.807, 2.05) is 6.92 Å². The van der Waals surface area contributed by atoms with Crippen LogP contribution in [-0.2, 0) is 13.1 Å². The van der Waals surface area contributed by atoms with Gasteiger partial charge >= 0.3 is 0 Å². The van der Waals surface area contributed by atoms with Crippen LogP contribution in [0.5, 0.6) is 0 Å². The van der Waals surface area contributed by atoms with Gasteiger partial charge in [-0.3, -0.25) is 4.90 Å². The van der Waals surface area contributed by atoms with E-state index in [0.29, 0.717) is 5.92 Å². The summed E-state index contributed by atoms with van der Waals surface area (Å²) >= 11 is 0. The SMILES string of the molecule is CCCC[C@](C)(O)[C@H](CC(C)C)N(Cc1ccccc1)Cc1ccccc1. The predicted octanol–water partition coefficient (Wildman–Crippen LogP) is 6.04. The molecule has 2 rings (SSSR count). The van der Waals surface area contributed by atoms with Crippen molar-refractivity contribution in [1.82, 2.24) is 4.90 Å². The minimum atomic E-state index is -0.691. The van der Waals surface area contributed by atoms with Gasteiger partial charge in [-0.05, 0) is 36.8 Å². The van der Waals surface area contributed by atoms with Crippen LogP contribution in [0.3, 0.4) is 0 Å². The van der Waals surface area contributed by atoms with Crippen molar-refractivity contribution in [1.29, 1.82) is 0 Å². The summed E-state index contributed by atoms with van der Waals surface area (Å²) in [6.07, 6.45) is 4.02. The third-order valence-corrected chi connectivity index (χ3v) is 5.35. The van der Waals surface area contributed by atoms with Crippen LogP contribution in [0.2, 0.25) is 0 Å². The molecule has 0 saturated heterocycles. The van der Waals surface area contributed by atoms with Crippen LogP contribution >= 0.6 is 0 Å². The Morgan fingerprint density at radius 2 is 1.37 bits per heavy atom. The fourth-order valence-corrected chi connectivity index (χ4v) is 3.86. The van der Waals surface area contributed by atoms with Gasteiger partial charge in [0.15, 0.2) is 0 Å². The quantitative estimate of drug-likeness (QED) is 0.523. The van der Waals surface area contributed by atoms with Crippen molar-refractivity contribution < 1.29 is 5.11 Å². The van der Waals surface area contributed by atoms with Gasteiger partial charge in [0.05, 0.1) is 5.60 Å². The molecule has 1 N–H and O–H groups in total. The third kappa shape index (κ3) is 7.12. The Bertz CT molecular complexity index is 594. The molecule has 0 aliphatic rings. The van der Waals surface area contributed by atoms with Crippen molar-refractivity contribution in [2.24, 2.45) is 5.92 Å². The average Bonchev–Trinajstić information content (AvgIpc) is 2.65. The first-order valence-electron chi connectivity index (χ1n) is 10.5. The molecule has 0 spiro atoms. The van der Waals surface area contributed by atoms with E-state index in [4.69, 9.17) is 0 Å². The molecular weight excluding hydrogens is 330 g/mol. The highest BCUT2D eigenvalue weighted by molar-refractivity contribution is 5.18. The normalized spacial score (nSPS) is 15.1. The lowest BCUT2D eigenvalue weighted by atomic mass is 9.84. The van der Waals surface area contributed by atoms with E-state index in [-0.39, 0.29) is 6.04 Å². The Kier molecular flexibility index (Phi) is 8.53. The van der Waals surface area contributed by atoms with E-state index in [2.05, 4.69) is 86.3 Å². The first kappa shape index (κ1) is 21.7. The smallest absolute Gasteiger partial charge is 0.0774 e. The monoisotopic (exact) mass is 367 g/mol. The van der Waals surface area contributed by atoms with E-state index >= 15 is 0 Å². The molecule has 2 aromatic carbocycles. The van der Waals surface area contributed by atoms with Crippen LogP contribution < -0.4 is 0 Å². The Labute approximate surface area is 166 Å². The number of benzene rings is 2. The van der Waals surface area contributed by atoms with Crippen molar-refractivity contribution in [2.75, 3.05) is 0 Å². The maximum Gasteiger partial charge on any atom is 0.0774 e. The Hall–Kier alpha value is -1.64. The second-order valence-corrected chi connectivity index (χ2v) is 8.48. The van der Waals surface area contributed by atoms with E-state index in [1.165, 1.54) is 11.1 Å².